The quantitative estimate of drug-likeness (QED) is 0.637. The van der Waals surface area contributed by atoms with E-state index < -0.39 is 12.0 Å². The topological polar surface area (TPSA) is 78.4 Å². The molecule has 5 heteroatoms. The van der Waals surface area contributed by atoms with Crippen LogP contribution in [0.4, 0.5) is 0 Å². The molecule has 0 bridgehead atoms. The van der Waals surface area contributed by atoms with Gasteiger partial charge in [-0.2, -0.15) is 0 Å². The third-order valence-corrected chi connectivity index (χ3v) is 3.26. The first-order valence-electron chi connectivity index (χ1n) is 6.19. The van der Waals surface area contributed by atoms with Gasteiger partial charge in [-0.15, -0.1) is 0 Å². The van der Waals surface area contributed by atoms with Gasteiger partial charge in [0.2, 0.25) is 5.91 Å². The zero-order valence-corrected chi connectivity index (χ0v) is 10.5. The number of rotatable bonds is 6. The lowest BCUT2D eigenvalue weighted by atomic mass is 10.1. The number of carboxylic acid groups (broad SMARTS) is 1. The van der Waals surface area contributed by atoms with Crippen LogP contribution in [0.15, 0.2) is 0 Å². The van der Waals surface area contributed by atoms with Gasteiger partial charge in [0.25, 0.3) is 0 Å². The Hall–Kier alpha value is -1.10. The fourth-order valence-electron chi connectivity index (χ4n) is 2.39. The van der Waals surface area contributed by atoms with Gasteiger partial charge in [-0.25, -0.2) is 4.79 Å². The van der Waals surface area contributed by atoms with E-state index in [9.17, 15) is 9.59 Å². The summed E-state index contributed by atoms with van der Waals surface area (Å²) in [4.78, 5) is 21.7. The van der Waals surface area contributed by atoms with Gasteiger partial charge in [0.1, 0.15) is 6.04 Å². The Morgan fingerprint density at radius 1 is 1.41 bits per heavy atom. The first kappa shape index (κ1) is 14.0. The Morgan fingerprint density at radius 2 is 2.12 bits per heavy atom. The molecule has 3 unspecified atom stereocenters. The first-order valence-corrected chi connectivity index (χ1v) is 6.19. The minimum Gasteiger partial charge on any atom is -0.480 e. The third kappa shape index (κ3) is 5.17. The van der Waals surface area contributed by atoms with E-state index in [4.69, 9.17) is 5.11 Å². The van der Waals surface area contributed by atoms with E-state index in [1.807, 2.05) is 0 Å². The van der Waals surface area contributed by atoms with Crippen molar-refractivity contribution in [2.75, 3.05) is 13.1 Å². The van der Waals surface area contributed by atoms with Crippen LogP contribution in [0.2, 0.25) is 0 Å². The number of carbonyl (C=O) groups is 2. The fourth-order valence-corrected chi connectivity index (χ4v) is 2.39. The Morgan fingerprint density at radius 3 is 2.59 bits per heavy atom. The number of amides is 1. The maximum absolute atomic E-state index is 10.9. The summed E-state index contributed by atoms with van der Waals surface area (Å²) < 4.78 is 0. The SMILES string of the molecule is CC(=O)NC(CNCC1CCC(C)C1)C(=O)O. The van der Waals surface area contributed by atoms with E-state index >= 15 is 0 Å². The van der Waals surface area contributed by atoms with Crippen LogP contribution in [0.25, 0.3) is 0 Å². The second-order valence-corrected chi connectivity index (χ2v) is 5.03. The summed E-state index contributed by atoms with van der Waals surface area (Å²) >= 11 is 0. The van der Waals surface area contributed by atoms with E-state index in [1.165, 1.54) is 26.2 Å². The molecule has 3 atom stereocenters. The molecule has 1 saturated carbocycles. The number of carboxylic acids is 1. The van der Waals surface area contributed by atoms with Crippen LogP contribution in [-0.2, 0) is 9.59 Å². The summed E-state index contributed by atoms with van der Waals surface area (Å²) in [6.07, 6.45) is 3.69. The van der Waals surface area contributed by atoms with Crippen LogP contribution >= 0.6 is 0 Å². The van der Waals surface area contributed by atoms with Gasteiger partial charge in [0.05, 0.1) is 0 Å². The zero-order chi connectivity index (χ0) is 12.8. The Bertz CT molecular complexity index is 281. The van der Waals surface area contributed by atoms with Crippen molar-refractivity contribution in [2.24, 2.45) is 11.8 Å². The van der Waals surface area contributed by atoms with Gasteiger partial charge in [0.15, 0.2) is 0 Å². The van der Waals surface area contributed by atoms with Crippen molar-refractivity contribution in [3.8, 4) is 0 Å². The van der Waals surface area contributed by atoms with Gasteiger partial charge in [-0.1, -0.05) is 13.3 Å². The standard InChI is InChI=1S/C12H22N2O3/c1-8-3-4-10(5-8)6-13-7-11(12(16)17)14-9(2)15/h8,10-11,13H,3-7H2,1-2H3,(H,14,15)(H,16,17). The van der Waals surface area contributed by atoms with Gasteiger partial charge < -0.3 is 15.7 Å². The van der Waals surface area contributed by atoms with Gasteiger partial charge in [-0.3, -0.25) is 4.79 Å². The minimum atomic E-state index is -0.993. The molecule has 5 nitrogen and oxygen atoms in total. The molecule has 0 heterocycles. The Balaban J connectivity index is 2.22. The maximum Gasteiger partial charge on any atom is 0.327 e. The summed E-state index contributed by atoms with van der Waals surface area (Å²) in [5, 5.41) is 14.5. The number of nitrogens with one attached hydrogen (secondary N) is 2. The van der Waals surface area contributed by atoms with Crippen molar-refractivity contribution in [3.05, 3.63) is 0 Å². The van der Waals surface area contributed by atoms with Crippen LogP contribution < -0.4 is 10.6 Å². The fraction of sp³-hybridized carbons (Fsp3) is 0.833. The second-order valence-electron chi connectivity index (χ2n) is 5.03. The molecule has 0 spiro atoms. The maximum atomic E-state index is 10.9. The van der Waals surface area contributed by atoms with E-state index in [0.717, 1.165) is 12.5 Å². The van der Waals surface area contributed by atoms with Crippen molar-refractivity contribution in [1.82, 2.24) is 10.6 Å². The van der Waals surface area contributed by atoms with E-state index in [0.29, 0.717) is 12.5 Å². The molecule has 0 saturated heterocycles. The molecule has 1 aliphatic rings. The molecule has 1 amide bonds. The summed E-state index contributed by atoms with van der Waals surface area (Å²) in [5.41, 5.74) is 0. The Labute approximate surface area is 102 Å². The molecule has 0 radical (unpaired) electrons. The van der Waals surface area contributed by atoms with Crippen molar-refractivity contribution < 1.29 is 14.7 Å². The second kappa shape index (κ2) is 6.59. The molecule has 98 valence electrons. The largest absolute Gasteiger partial charge is 0.480 e. The molecular formula is C12H22N2O3. The molecular weight excluding hydrogens is 220 g/mol. The average Bonchev–Trinajstić information content (AvgIpc) is 2.62. The summed E-state index contributed by atoms with van der Waals surface area (Å²) in [6, 6.07) is -0.827. The zero-order valence-electron chi connectivity index (χ0n) is 10.5. The minimum absolute atomic E-state index is 0.291. The molecule has 0 aromatic heterocycles. The normalized spacial score (nSPS) is 25.5. The number of hydrogen-bond acceptors (Lipinski definition) is 3. The summed E-state index contributed by atoms with van der Waals surface area (Å²) in [5.74, 6) is 0.130. The number of hydrogen-bond donors (Lipinski definition) is 3. The molecule has 0 aliphatic heterocycles. The Kier molecular flexibility index (Phi) is 5.41. The predicted molar refractivity (Wildman–Crippen MR) is 64.6 cm³/mol. The highest BCUT2D eigenvalue weighted by atomic mass is 16.4. The monoisotopic (exact) mass is 242 g/mol. The van der Waals surface area contributed by atoms with Crippen molar-refractivity contribution in [3.63, 3.8) is 0 Å². The predicted octanol–water partition coefficient (Wildman–Crippen LogP) is 0.601. The first-order chi connectivity index (χ1) is 7.99. The third-order valence-electron chi connectivity index (χ3n) is 3.26. The van der Waals surface area contributed by atoms with Gasteiger partial charge >= 0.3 is 5.97 Å². The van der Waals surface area contributed by atoms with Crippen LogP contribution in [0.1, 0.15) is 33.1 Å². The summed E-state index contributed by atoms with van der Waals surface area (Å²) in [7, 11) is 0. The lowest BCUT2D eigenvalue weighted by Crippen LogP contribution is -2.47. The lowest BCUT2D eigenvalue weighted by Gasteiger charge is -2.16. The van der Waals surface area contributed by atoms with Crippen LogP contribution in [0.3, 0.4) is 0 Å². The van der Waals surface area contributed by atoms with E-state index in [2.05, 4.69) is 17.6 Å². The van der Waals surface area contributed by atoms with Crippen molar-refractivity contribution in [2.45, 2.75) is 39.2 Å². The van der Waals surface area contributed by atoms with Gasteiger partial charge in [0, 0.05) is 13.5 Å². The number of carbonyl (C=O) groups excluding carboxylic acids is 1. The number of aliphatic carboxylic acids is 1. The highest BCUT2D eigenvalue weighted by Crippen LogP contribution is 2.29. The highest BCUT2D eigenvalue weighted by molar-refractivity contribution is 5.82. The van der Waals surface area contributed by atoms with Gasteiger partial charge in [-0.05, 0) is 31.2 Å². The van der Waals surface area contributed by atoms with Crippen LogP contribution in [0, 0.1) is 11.8 Å². The van der Waals surface area contributed by atoms with E-state index in [1.54, 1.807) is 0 Å². The van der Waals surface area contributed by atoms with Crippen molar-refractivity contribution >= 4 is 11.9 Å². The van der Waals surface area contributed by atoms with Crippen LogP contribution in [-0.4, -0.2) is 36.1 Å². The molecule has 17 heavy (non-hydrogen) atoms. The molecule has 1 aliphatic carbocycles. The average molecular weight is 242 g/mol. The molecule has 0 aromatic carbocycles. The molecule has 0 aromatic rings. The lowest BCUT2D eigenvalue weighted by molar-refractivity contribution is -0.141. The summed E-state index contributed by atoms with van der Waals surface area (Å²) in [6.45, 7) is 4.71. The molecule has 1 fully saturated rings. The smallest absolute Gasteiger partial charge is 0.327 e. The van der Waals surface area contributed by atoms with Crippen LogP contribution in [0.5, 0.6) is 0 Å². The highest BCUT2D eigenvalue weighted by Gasteiger charge is 2.22. The van der Waals surface area contributed by atoms with E-state index in [-0.39, 0.29) is 5.91 Å². The molecule has 1 rings (SSSR count). The molecule has 3 N–H and O–H groups in total. The van der Waals surface area contributed by atoms with Crippen molar-refractivity contribution in [1.29, 1.82) is 0 Å².